The van der Waals surface area contributed by atoms with Crippen LogP contribution >= 0.6 is 0 Å². The van der Waals surface area contributed by atoms with Crippen LogP contribution in [0.3, 0.4) is 0 Å². The van der Waals surface area contributed by atoms with Gasteiger partial charge in [-0.1, -0.05) is 6.07 Å². The first-order valence-electron chi connectivity index (χ1n) is 5.14. The minimum Gasteiger partial charge on any atom is -0.306 e. The van der Waals surface area contributed by atoms with E-state index in [1.54, 1.807) is 6.07 Å². The van der Waals surface area contributed by atoms with Crippen molar-refractivity contribution < 1.29 is 13.2 Å². The summed E-state index contributed by atoms with van der Waals surface area (Å²) in [6.07, 6.45) is -3.29. The van der Waals surface area contributed by atoms with Gasteiger partial charge in [-0.3, -0.25) is 0 Å². The lowest BCUT2D eigenvalue weighted by molar-refractivity contribution is -0.137. The van der Waals surface area contributed by atoms with Crippen LogP contribution in [0.5, 0.6) is 0 Å². The number of hydrogen-bond acceptors (Lipinski definition) is 2. The fraction of sp³-hybridized carbons (Fsp3) is 0.455. The summed E-state index contributed by atoms with van der Waals surface area (Å²) < 4.78 is 37.6. The Morgan fingerprint density at radius 1 is 1.19 bits per heavy atom. The Morgan fingerprint density at radius 3 is 2.50 bits per heavy atom. The van der Waals surface area contributed by atoms with E-state index in [4.69, 9.17) is 0 Å². The maximum Gasteiger partial charge on any atom is 0.416 e. The third-order valence-corrected chi connectivity index (χ3v) is 2.74. The van der Waals surface area contributed by atoms with Gasteiger partial charge in [0.05, 0.1) is 11.3 Å². The van der Waals surface area contributed by atoms with E-state index in [2.05, 4.69) is 0 Å². The third kappa shape index (κ3) is 2.14. The van der Waals surface area contributed by atoms with Gasteiger partial charge in [0.1, 0.15) is 0 Å². The number of anilines is 1. The van der Waals surface area contributed by atoms with E-state index < -0.39 is 11.7 Å². The topological polar surface area (TPSA) is 6.48 Å². The van der Waals surface area contributed by atoms with E-state index in [0.717, 1.165) is 25.6 Å². The molecule has 1 aliphatic heterocycles. The number of alkyl halides is 3. The van der Waals surface area contributed by atoms with Crippen LogP contribution in [0.15, 0.2) is 24.3 Å². The number of hydrogen-bond donors (Lipinski definition) is 0. The third-order valence-electron chi connectivity index (χ3n) is 2.74. The summed E-state index contributed by atoms with van der Waals surface area (Å²) in [5.41, 5.74) is 0.0140. The highest BCUT2D eigenvalue weighted by Gasteiger charge is 2.31. The number of rotatable bonds is 1. The van der Waals surface area contributed by atoms with Crippen LogP contribution in [-0.2, 0) is 6.18 Å². The fourth-order valence-corrected chi connectivity index (χ4v) is 1.91. The first kappa shape index (κ1) is 11.3. The Bertz CT molecular complexity index is 376. The van der Waals surface area contributed by atoms with Crippen LogP contribution in [-0.4, -0.2) is 25.1 Å². The van der Waals surface area contributed by atoms with E-state index in [0.29, 0.717) is 5.69 Å². The Hall–Kier alpha value is -1.23. The summed E-state index contributed by atoms with van der Waals surface area (Å²) in [6.45, 7) is 1.66. The highest BCUT2D eigenvalue weighted by atomic mass is 19.4. The smallest absolute Gasteiger partial charge is 0.306 e. The number of benzene rings is 1. The van der Waals surface area contributed by atoms with Gasteiger partial charge in [-0.25, -0.2) is 5.01 Å². The predicted molar refractivity (Wildman–Crippen MR) is 56.0 cm³/mol. The van der Waals surface area contributed by atoms with Crippen molar-refractivity contribution >= 4 is 5.69 Å². The molecule has 0 saturated carbocycles. The summed E-state index contributed by atoms with van der Waals surface area (Å²) in [6, 6.07) is 5.45. The van der Waals surface area contributed by atoms with Gasteiger partial charge in [0.25, 0.3) is 0 Å². The quantitative estimate of drug-likeness (QED) is 0.732. The molecule has 5 heteroatoms. The molecular formula is C11H13F3N2. The monoisotopic (exact) mass is 230 g/mol. The molecule has 2 nitrogen and oxygen atoms in total. The van der Waals surface area contributed by atoms with Gasteiger partial charge in [0, 0.05) is 20.1 Å². The molecule has 0 amide bonds. The molecule has 1 aromatic rings. The van der Waals surface area contributed by atoms with Crippen LogP contribution < -0.4 is 5.01 Å². The zero-order valence-corrected chi connectivity index (χ0v) is 8.96. The highest BCUT2D eigenvalue weighted by Crippen LogP contribution is 2.32. The van der Waals surface area contributed by atoms with Crippen LogP contribution in [0.4, 0.5) is 18.9 Å². The molecule has 0 bridgehead atoms. The lowest BCUT2D eigenvalue weighted by atomic mass is 10.2. The molecule has 88 valence electrons. The second-order valence-corrected chi connectivity index (χ2v) is 3.91. The second kappa shape index (κ2) is 3.97. The average molecular weight is 230 g/mol. The van der Waals surface area contributed by atoms with Crippen molar-refractivity contribution in [1.29, 1.82) is 0 Å². The van der Waals surface area contributed by atoms with Crippen molar-refractivity contribution in [3.63, 3.8) is 0 Å². The van der Waals surface area contributed by atoms with Crippen LogP contribution in [0, 0.1) is 0 Å². The Morgan fingerprint density at radius 2 is 1.94 bits per heavy atom. The zero-order valence-electron chi connectivity index (χ0n) is 8.96. The Balaban J connectivity index is 2.29. The van der Waals surface area contributed by atoms with E-state index in [-0.39, 0.29) is 0 Å². The molecule has 1 saturated heterocycles. The van der Waals surface area contributed by atoms with Gasteiger partial charge >= 0.3 is 6.18 Å². The van der Waals surface area contributed by atoms with Gasteiger partial charge in [-0.2, -0.15) is 13.2 Å². The lowest BCUT2D eigenvalue weighted by Gasteiger charge is -2.26. The molecule has 16 heavy (non-hydrogen) atoms. The van der Waals surface area contributed by atoms with Crippen molar-refractivity contribution in [3.05, 3.63) is 29.8 Å². The minimum absolute atomic E-state index is 0.592. The lowest BCUT2D eigenvalue weighted by Crippen LogP contribution is -2.33. The Kier molecular flexibility index (Phi) is 2.80. The van der Waals surface area contributed by atoms with Crippen molar-refractivity contribution in [1.82, 2.24) is 5.01 Å². The zero-order chi connectivity index (χ0) is 11.8. The van der Waals surface area contributed by atoms with E-state index in [1.165, 1.54) is 12.1 Å². The molecule has 0 atom stereocenters. The molecule has 0 N–H and O–H groups in total. The Labute approximate surface area is 92.2 Å². The van der Waals surface area contributed by atoms with Crippen molar-refractivity contribution in [3.8, 4) is 0 Å². The van der Waals surface area contributed by atoms with E-state index in [1.807, 2.05) is 17.1 Å². The summed E-state index contributed by atoms with van der Waals surface area (Å²) in [4.78, 5) is 0. The van der Waals surface area contributed by atoms with Gasteiger partial charge in [0.15, 0.2) is 0 Å². The molecule has 0 aliphatic carbocycles. The predicted octanol–water partition coefficient (Wildman–Crippen LogP) is 2.76. The molecule has 0 spiro atoms. The standard InChI is InChI=1S/C11H13F3N2/c1-15-6-3-7-16(15)10-5-2-4-9(8-10)11(12,13)14/h2,4-5,8H,3,6-7H2,1H3. The van der Waals surface area contributed by atoms with Gasteiger partial charge in [-0.15, -0.1) is 0 Å². The summed E-state index contributed by atoms with van der Waals surface area (Å²) in [7, 11) is 1.88. The molecule has 0 unspecified atom stereocenters. The number of hydrazine groups is 1. The number of halogens is 3. The SMILES string of the molecule is CN1CCCN1c1cccc(C(F)(F)F)c1. The first-order chi connectivity index (χ1) is 7.48. The first-order valence-corrected chi connectivity index (χ1v) is 5.14. The van der Waals surface area contributed by atoms with E-state index in [9.17, 15) is 13.2 Å². The molecule has 1 aliphatic rings. The molecule has 0 aromatic heterocycles. The summed E-state index contributed by atoms with van der Waals surface area (Å²) in [5.74, 6) is 0. The minimum atomic E-state index is -4.27. The van der Waals surface area contributed by atoms with Crippen LogP contribution in [0.1, 0.15) is 12.0 Å². The highest BCUT2D eigenvalue weighted by molar-refractivity contribution is 5.48. The summed E-state index contributed by atoms with van der Waals surface area (Å²) in [5, 5.41) is 3.81. The van der Waals surface area contributed by atoms with Crippen molar-refractivity contribution in [2.24, 2.45) is 0 Å². The number of nitrogens with zero attached hydrogens (tertiary/aromatic N) is 2. The normalized spacial score (nSPS) is 18.1. The van der Waals surface area contributed by atoms with Crippen LogP contribution in [0.25, 0.3) is 0 Å². The van der Waals surface area contributed by atoms with Crippen LogP contribution in [0.2, 0.25) is 0 Å². The fourth-order valence-electron chi connectivity index (χ4n) is 1.91. The molecule has 2 rings (SSSR count). The molecule has 1 heterocycles. The van der Waals surface area contributed by atoms with Gasteiger partial charge in [0.2, 0.25) is 0 Å². The second-order valence-electron chi connectivity index (χ2n) is 3.91. The maximum atomic E-state index is 12.5. The molecule has 1 aromatic carbocycles. The van der Waals surface area contributed by atoms with Crippen molar-refractivity contribution in [2.45, 2.75) is 12.6 Å². The largest absolute Gasteiger partial charge is 0.416 e. The van der Waals surface area contributed by atoms with Gasteiger partial charge < -0.3 is 5.01 Å². The molecular weight excluding hydrogens is 217 g/mol. The average Bonchev–Trinajstić information content (AvgIpc) is 2.63. The molecule has 0 radical (unpaired) electrons. The summed E-state index contributed by atoms with van der Waals surface area (Å²) >= 11 is 0. The van der Waals surface area contributed by atoms with Gasteiger partial charge in [-0.05, 0) is 24.6 Å². The van der Waals surface area contributed by atoms with Crippen molar-refractivity contribution in [2.75, 3.05) is 25.1 Å². The van der Waals surface area contributed by atoms with E-state index >= 15 is 0 Å². The molecule has 1 fully saturated rings. The maximum absolute atomic E-state index is 12.5.